The molecule has 0 saturated carbocycles. The summed E-state index contributed by atoms with van der Waals surface area (Å²) in [7, 11) is 0. The number of benzene rings is 1. The van der Waals surface area contributed by atoms with Crippen molar-refractivity contribution < 1.29 is 14.3 Å². The number of aromatic hydroxyl groups is 1. The first-order valence-electron chi connectivity index (χ1n) is 11.5. The molecular formula is C24H35N5O3. The molecule has 1 aliphatic heterocycles. The molecule has 1 aromatic heterocycles. The van der Waals surface area contributed by atoms with E-state index in [2.05, 4.69) is 20.9 Å². The number of guanidine groups is 1. The third-order valence-electron chi connectivity index (χ3n) is 5.51. The van der Waals surface area contributed by atoms with Crippen LogP contribution in [-0.4, -0.2) is 61.1 Å². The topological polar surface area (TPSA) is 102 Å². The average molecular weight is 442 g/mol. The third-order valence-corrected chi connectivity index (χ3v) is 5.51. The van der Waals surface area contributed by atoms with Gasteiger partial charge in [0, 0.05) is 25.2 Å². The Balaban J connectivity index is 1.47. The van der Waals surface area contributed by atoms with Crippen LogP contribution in [0.1, 0.15) is 54.8 Å². The van der Waals surface area contributed by atoms with E-state index < -0.39 is 0 Å². The van der Waals surface area contributed by atoms with Gasteiger partial charge in [0.1, 0.15) is 11.5 Å². The normalized spacial score (nSPS) is 15.8. The van der Waals surface area contributed by atoms with Crippen molar-refractivity contribution in [2.45, 2.75) is 38.6 Å². The lowest BCUT2D eigenvalue weighted by molar-refractivity contribution is 0.0953. The fourth-order valence-corrected chi connectivity index (χ4v) is 3.86. The van der Waals surface area contributed by atoms with E-state index in [0.717, 1.165) is 37.8 Å². The summed E-state index contributed by atoms with van der Waals surface area (Å²) in [5.41, 5.74) is 0.453. The van der Waals surface area contributed by atoms with Crippen molar-refractivity contribution in [1.82, 2.24) is 20.9 Å². The molecule has 1 aliphatic rings. The number of nitrogens with zero attached hydrogens (tertiary/aromatic N) is 2. The number of hydrogen-bond donors (Lipinski definition) is 4. The van der Waals surface area contributed by atoms with E-state index in [1.54, 1.807) is 24.5 Å². The van der Waals surface area contributed by atoms with Crippen LogP contribution in [-0.2, 0) is 0 Å². The molecule has 32 heavy (non-hydrogen) atoms. The zero-order valence-corrected chi connectivity index (χ0v) is 18.8. The molecule has 1 aromatic carbocycles. The van der Waals surface area contributed by atoms with Gasteiger partial charge in [0.05, 0.1) is 18.8 Å². The van der Waals surface area contributed by atoms with Gasteiger partial charge in [-0.1, -0.05) is 12.5 Å². The van der Waals surface area contributed by atoms with E-state index in [1.165, 1.54) is 25.3 Å². The maximum absolute atomic E-state index is 12.1. The SMILES string of the molecule is CCNC(=NCC(c1ccco1)N1CCCCC1)NCCCNC(=O)c1cccc(O)c1. The Labute approximate surface area is 190 Å². The van der Waals surface area contributed by atoms with Gasteiger partial charge in [-0.15, -0.1) is 0 Å². The highest BCUT2D eigenvalue weighted by atomic mass is 16.3. The number of nitrogens with one attached hydrogen (secondary N) is 3. The number of piperidine rings is 1. The summed E-state index contributed by atoms with van der Waals surface area (Å²) >= 11 is 0. The number of rotatable bonds is 10. The second-order valence-electron chi connectivity index (χ2n) is 7.93. The molecule has 8 heteroatoms. The lowest BCUT2D eigenvalue weighted by atomic mass is 10.1. The molecule has 1 unspecified atom stereocenters. The summed E-state index contributed by atoms with van der Waals surface area (Å²) in [6.07, 6.45) is 6.20. The molecule has 8 nitrogen and oxygen atoms in total. The molecule has 174 valence electrons. The fourth-order valence-electron chi connectivity index (χ4n) is 3.86. The van der Waals surface area contributed by atoms with Gasteiger partial charge in [-0.2, -0.15) is 0 Å². The number of phenols is 1. The highest BCUT2D eigenvalue weighted by molar-refractivity contribution is 5.94. The van der Waals surface area contributed by atoms with Gasteiger partial charge in [-0.3, -0.25) is 14.7 Å². The maximum Gasteiger partial charge on any atom is 0.251 e. The van der Waals surface area contributed by atoms with Gasteiger partial charge in [0.25, 0.3) is 5.91 Å². The molecule has 2 heterocycles. The van der Waals surface area contributed by atoms with Crippen molar-refractivity contribution in [1.29, 1.82) is 0 Å². The Hall–Kier alpha value is -3.00. The van der Waals surface area contributed by atoms with E-state index in [1.807, 2.05) is 19.1 Å². The number of likely N-dealkylation sites (tertiary alicyclic amines) is 1. The Morgan fingerprint density at radius 1 is 1.12 bits per heavy atom. The van der Waals surface area contributed by atoms with Crippen LogP contribution in [0.2, 0.25) is 0 Å². The lowest BCUT2D eigenvalue weighted by Crippen LogP contribution is -2.40. The molecule has 3 rings (SSSR count). The smallest absolute Gasteiger partial charge is 0.251 e. The van der Waals surface area contributed by atoms with E-state index >= 15 is 0 Å². The van der Waals surface area contributed by atoms with Crippen molar-refractivity contribution in [3.8, 4) is 5.75 Å². The highest BCUT2D eigenvalue weighted by Crippen LogP contribution is 2.25. The maximum atomic E-state index is 12.1. The monoisotopic (exact) mass is 441 g/mol. The van der Waals surface area contributed by atoms with Crippen LogP contribution in [0.3, 0.4) is 0 Å². The number of furan rings is 1. The first-order chi connectivity index (χ1) is 15.7. The Kier molecular flexibility index (Phi) is 9.43. The summed E-state index contributed by atoms with van der Waals surface area (Å²) < 4.78 is 5.71. The highest BCUT2D eigenvalue weighted by Gasteiger charge is 2.24. The average Bonchev–Trinajstić information content (AvgIpc) is 3.34. The molecule has 1 fully saturated rings. The van der Waals surface area contributed by atoms with Gasteiger partial charge in [0.15, 0.2) is 5.96 Å². The fraction of sp³-hybridized carbons (Fsp3) is 0.500. The zero-order chi connectivity index (χ0) is 22.6. The van der Waals surface area contributed by atoms with Crippen LogP contribution >= 0.6 is 0 Å². The Morgan fingerprint density at radius 3 is 2.66 bits per heavy atom. The first kappa shape index (κ1) is 23.7. The predicted molar refractivity (Wildman–Crippen MR) is 126 cm³/mol. The molecule has 4 N–H and O–H groups in total. The van der Waals surface area contributed by atoms with Crippen molar-refractivity contribution in [3.05, 3.63) is 54.0 Å². The van der Waals surface area contributed by atoms with Crippen LogP contribution in [0.15, 0.2) is 52.1 Å². The summed E-state index contributed by atoms with van der Waals surface area (Å²) in [5.74, 6) is 1.62. The van der Waals surface area contributed by atoms with Crippen LogP contribution in [0.25, 0.3) is 0 Å². The largest absolute Gasteiger partial charge is 0.508 e. The van der Waals surface area contributed by atoms with Gasteiger partial charge in [0.2, 0.25) is 0 Å². The van der Waals surface area contributed by atoms with Gasteiger partial charge < -0.3 is 25.5 Å². The standard InChI is InChI=1S/C24H35N5O3/c1-2-25-24(27-13-8-12-26-23(31)19-9-6-10-20(30)17-19)28-18-21(22-11-7-16-32-22)29-14-4-3-5-15-29/h6-7,9-11,16-17,21,30H,2-5,8,12-15,18H2,1H3,(H,26,31)(H2,25,27,28). The van der Waals surface area contributed by atoms with Crippen LogP contribution in [0.5, 0.6) is 5.75 Å². The third kappa shape index (κ3) is 7.30. The molecule has 1 amide bonds. The molecule has 1 saturated heterocycles. The Morgan fingerprint density at radius 2 is 1.94 bits per heavy atom. The van der Waals surface area contributed by atoms with Gasteiger partial charge in [-0.05, 0) is 69.6 Å². The van der Waals surface area contributed by atoms with Gasteiger partial charge >= 0.3 is 0 Å². The van der Waals surface area contributed by atoms with E-state index in [-0.39, 0.29) is 17.7 Å². The number of phenolic OH excluding ortho intramolecular Hbond substituents is 1. The minimum atomic E-state index is -0.190. The molecular weight excluding hydrogens is 406 g/mol. The quantitative estimate of drug-likeness (QED) is 0.257. The zero-order valence-electron chi connectivity index (χ0n) is 18.8. The van der Waals surface area contributed by atoms with Crippen molar-refractivity contribution in [3.63, 3.8) is 0 Å². The van der Waals surface area contributed by atoms with E-state index in [4.69, 9.17) is 9.41 Å². The molecule has 0 aliphatic carbocycles. The van der Waals surface area contributed by atoms with Crippen molar-refractivity contribution in [2.75, 3.05) is 39.3 Å². The number of carbonyl (C=O) groups excluding carboxylic acids is 1. The number of amides is 1. The van der Waals surface area contributed by atoms with E-state index in [0.29, 0.717) is 25.2 Å². The van der Waals surface area contributed by atoms with Crippen LogP contribution in [0, 0.1) is 0 Å². The predicted octanol–water partition coefficient (Wildman–Crippen LogP) is 2.89. The summed E-state index contributed by atoms with van der Waals surface area (Å²) in [6.45, 7) is 6.80. The second-order valence-corrected chi connectivity index (χ2v) is 7.93. The summed E-state index contributed by atoms with van der Waals surface area (Å²) in [6, 6.07) is 10.5. The van der Waals surface area contributed by atoms with Crippen LogP contribution < -0.4 is 16.0 Å². The Bertz CT molecular complexity index is 847. The molecule has 0 spiro atoms. The molecule has 0 radical (unpaired) electrons. The molecule has 0 bridgehead atoms. The van der Waals surface area contributed by atoms with Crippen LogP contribution in [0.4, 0.5) is 0 Å². The van der Waals surface area contributed by atoms with Gasteiger partial charge in [-0.25, -0.2) is 0 Å². The lowest BCUT2D eigenvalue weighted by Gasteiger charge is -2.32. The van der Waals surface area contributed by atoms with E-state index in [9.17, 15) is 9.90 Å². The number of carbonyl (C=O) groups is 1. The summed E-state index contributed by atoms with van der Waals surface area (Å²) in [5, 5.41) is 19.0. The van der Waals surface area contributed by atoms with Crippen molar-refractivity contribution in [2.24, 2.45) is 4.99 Å². The minimum absolute atomic E-state index is 0.0863. The summed E-state index contributed by atoms with van der Waals surface area (Å²) in [4.78, 5) is 19.4. The first-order valence-corrected chi connectivity index (χ1v) is 11.5. The number of hydrogen-bond acceptors (Lipinski definition) is 5. The number of aliphatic imine (C=N–C) groups is 1. The molecule has 1 atom stereocenters. The second kappa shape index (κ2) is 12.8. The van der Waals surface area contributed by atoms with Crippen molar-refractivity contribution >= 4 is 11.9 Å². The minimum Gasteiger partial charge on any atom is -0.508 e. The molecule has 2 aromatic rings.